The molecule has 0 unspecified atom stereocenters. The SMILES string of the molecule is C[C@H](NC(=O)c1ccc(C(F)(F)F)s1)C(=O)O. The van der Waals surface area contributed by atoms with Crippen molar-refractivity contribution in [3.8, 4) is 0 Å². The molecule has 4 nitrogen and oxygen atoms in total. The van der Waals surface area contributed by atoms with Crippen molar-refractivity contribution in [2.75, 3.05) is 0 Å². The lowest BCUT2D eigenvalue weighted by atomic mass is 10.3. The Labute approximate surface area is 98.1 Å². The molecule has 0 bridgehead atoms. The first-order valence-corrected chi connectivity index (χ1v) is 5.24. The number of amides is 1. The normalized spacial score (nSPS) is 13.2. The lowest BCUT2D eigenvalue weighted by Gasteiger charge is -2.07. The number of thiophene rings is 1. The van der Waals surface area contributed by atoms with E-state index >= 15 is 0 Å². The van der Waals surface area contributed by atoms with Crippen LogP contribution in [0.25, 0.3) is 0 Å². The number of carboxylic acids is 1. The average Bonchev–Trinajstić information content (AvgIpc) is 2.65. The Kier molecular flexibility index (Phi) is 3.76. The molecule has 1 heterocycles. The van der Waals surface area contributed by atoms with E-state index in [9.17, 15) is 22.8 Å². The van der Waals surface area contributed by atoms with E-state index in [1.165, 1.54) is 6.92 Å². The summed E-state index contributed by atoms with van der Waals surface area (Å²) in [6, 6.07) is 0.640. The highest BCUT2D eigenvalue weighted by molar-refractivity contribution is 7.14. The van der Waals surface area contributed by atoms with Crippen LogP contribution >= 0.6 is 11.3 Å². The molecule has 0 saturated heterocycles. The lowest BCUT2D eigenvalue weighted by Crippen LogP contribution is -2.37. The molecule has 1 amide bonds. The lowest BCUT2D eigenvalue weighted by molar-refractivity contribution is -0.138. The monoisotopic (exact) mass is 267 g/mol. The molecular formula is C9H8F3NO3S. The van der Waals surface area contributed by atoms with Crippen LogP contribution < -0.4 is 5.32 Å². The number of carboxylic acid groups (broad SMARTS) is 1. The van der Waals surface area contributed by atoms with Gasteiger partial charge in [-0.1, -0.05) is 0 Å². The number of carbonyl (C=O) groups is 2. The van der Waals surface area contributed by atoms with Gasteiger partial charge in [0, 0.05) is 0 Å². The van der Waals surface area contributed by atoms with Crippen molar-refractivity contribution in [2.24, 2.45) is 0 Å². The van der Waals surface area contributed by atoms with E-state index < -0.39 is 29.0 Å². The molecule has 0 aliphatic heterocycles. The van der Waals surface area contributed by atoms with Gasteiger partial charge in [0.05, 0.1) is 4.88 Å². The van der Waals surface area contributed by atoms with Crippen molar-refractivity contribution in [3.05, 3.63) is 21.9 Å². The van der Waals surface area contributed by atoms with Gasteiger partial charge in [0.2, 0.25) is 0 Å². The van der Waals surface area contributed by atoms with Crippen LogP contribution in [0.2, 0.25) is 0 Å². The summed E-state index contributed by atoms with van der Waals surface area (Å²) in [5.74, 6) is -2.09. The summed E-state index contributed by atoms with van der Waals surface area (Å²) in [4.78, 5) is 20.7. The number of alkyl halides is 3. The zero-order valence-electron chi connectivity index (χ0n) is 8.54. The first-order chi connectivity index (χ1) is 7.71. The van der Waals surface area contributed by atoms with Gasteiger partial charge >= 0.3 is 12.1 Å². The van der Waals surface area contributed by atoms with Crippen LogP contribution in [0.1, 0.15) is 21.5 Å². The van der Waals surface area contributed by atoms with Crippen molar-refractivity contribution in [2.45, 2.75) is 19.1 Å². The summed E-state index contributed by atoms with van der Waals surface area (Å²) in [5.41, 5.74) is 0. The molecule has 8 heteroatoms. The average molecular weight is 267 g/mol. The van der Waals surface area contributed by atoms with Crippen LogP contribution in [0.5, 0.6) is 0 Å². The standard InChI is InChI=1S/C9H8F3NO3S/c1-4(8(15)16)13-7(14)5-2-3-6(17-5)9(10,11)12/h2-4H,1H3,(H,13,14)(H,15,16)/t4-/m0/s1. The Morgan fingerprint density at radius 1 is 1.41 bits per heavy atom. The van der Waals surface area contributed by atoms with Crippen molar-refractivity contribution in [1.82, 2.24) is 5.32 Å². The molecule has 0 fully saturated rings. The number of hydrogen-bond acceptors (Lipinski definition) is 3. The molecule has 0 radical (unpaired) electrons. The van der Waals surface area contributed by atoms with Gasteiger partial charge in [-0.05, 0) is 19.1 Å². The van der Waals surface area contributed by atoms with Gasteiger partial charge < -0.3 is 10.4 Å². The Hall–Kier alpha value is -1.57. The Bertz CT molecular complexity index is 441. The first kappa shape index (κ1) is 13.5. The molecular weight excluding hydrogens is 259 g/mol. The van der Waals surface area contributed by atoms with E-state index in [0.29, 0.717) is 0 Å². The van der Waals surface area contributed by atoms with Crippen LogP contribution in [0.4, 0.5) is 13.2 Å². The van der Waals surface area contributed by atoms with Crippen molar-refractivity contribution < 1.29 is 27.9 Å². The zero-order valence-corrected chi connectivity index (χ0v) is 9.35. The molecule has 0 spiro atoms. The second kappa shape index (κ2) is 4.74. The fourth-order valence-electron chi connectivity index (χ4n) is 0.942. The maximum Gasteiger partial charge on any atom is 0.425 e. The largest absolute Gasteiger partial charge is 0.480 e. The second-order valence-corrected chi connectivity index (χ2v) is 4.28. The number of aliphatic carboxylic acids is 1. The molecule has 2 N–H and O–H groups in total. The molecule has 1 atom stereocenters. The molecule has 0 saturated carbocycles. The van der Waals surface area contributed by atoms with Crippen LogP contribution in [0.15, 0.2) is 12.1 Å². The Morgan fingerprint density at radius 3 is 2.41 bits per heavy atom. The molecule has 0 aliphatic carbocycles. The van der Waals surface area contributed by atoms with Gasteiger partial charge in [0.1, 0.15) is 10.9 Å². The predicted molar refractivity (Wildman–Crippen MR) is 53.9 cm³/mol. The fraction of sp³-hybridized carbons (Fsp3) is 0.333. The maximum absolute atomic E-state index is 12.2. The van der Waals surface area contributed by atoms with E-state index in [-0.39, 0.29) is 16.2 Å². The summed E-state index contributed by atoms with van der Waals surface area (Å²) < 4.78 is 36.7. The van der Waals surface area contributed by atoms with Gasteiger partial charge in [-0.25, -0.2) is 0 Å². The third-order valence-electron chi connectivity index (χ3n) is 1.83. The Morgan fingerprint density at radius 2 is 2.00 bits per heavy atom. The summed E-state index contributed by atoms with van der Waals surface area (Å²) in [6.07, 6.45) is -4.50. The highest BCUT2D eigenvalue weighted by Crippen LogP contribution is 2.34. The molecule has 0 aliphatic rings. The predicted octanol–water partition coefficient (Wildman–Crippen LogP) is 1.97. The van der Waals surface area contributed by atoms with Gasteiger partial charge in [0.15, 0.2) is 0 Å². The van der Waals surface area contributed by atoms with Crippen LogP contribution in [-0.2, 0) is 11.0 Å². The number of nitrogens with one attached hydrogen (secondary N) is 1. The minimum Gasteiger partial charge on any atom is -0.480 e. The van der Waals surface area contributed by atoms with E-state index in [0.717, 1.165) is 12.1 Å². The van der Waals surface area contributed by atoms with Crippen molar-refractivity contribution >= 4 is 23.2 Å². The van der Waals surface area contributed by atoms with Crippen LogP contribution in [-0.4, -0.2) is 23.0 Å². The second-order valence-electron chi connectivity index (χ2n) is 3.20. The molecule has 94 valence electrons. The first-order valence-electron chi connectivity index (χ1n) is 4.42. The van der Waals surface area contributed by atoms with Gasteiger partial charge in [-0.2, -0.15) is 13.2 Å². The van der Waals surface area contributed by atoms with E-state index in [4.69, 9.17) is 5.11 Å². The van der Waals surface area contributed by atoms with Gasteiger partial charge in [-0.3, -0.25) is 9.59 Å². The zero-order chi connectivity index (χ0) is 13.2. The van der Waals surface area contributed by atoms with E-state index in [1.54, 1.807) is 0 Å². The number of carbonyl (C=O) groups excluding carboxylic acids is 1. The highest BCUT2D eigenvalue weighted by Gasteiger charge is 2.33. The fourth-order valence-corrected chi connectivity index (χ4v) is 1.72. The molecule has 17 heavy (non-hydrogen) atoms. The highest BCUT2D eigenvalue weighted by atomic mass is 32.1. The molecule has 1 aromatic rings. The Balaban J connectivity index is 2.78. The smallest absolute Gasteiger partial charge is 0.425 e. The topological polar surface area (TPSA) is 66.4 Å². The maximum atomic E-state index is 12.2. The van der Waals surface area contributed by atoms with Crippen LogP contribution in [0.3, 0.4) is 0 Å². The quantitative estimate of drug-likeness (QED) is 0.879. The minimum absolute atomic E-state index is 0.176. The number of rotatable bonds is 3. The minimum atomic E-state index is -4.50. The third-order valence-corrected chi connectivity index (χ3v) is 2.96. The van der Waals surface area contributed by atoms with Crippen molar-refractivity contribution in [3.63, 3.8) is 0 Å². The van der Waals surface area contributed by atoms with E-state index in [1.807, 2.05) is 0 Å². The van der Waals surface area contributed by atoms with E-state index in [2.05, 4.69) is 5.32 Å². The summed E-state index contributed by atoms with van der Waals surface area (Å²) in [7, 11) is 0. The molecule has 1 rings (SSSR count). The summed E-state index contributed by atoms with van der Waals surface area (Å²) in [5, 5.41) is 10.6. The number of hydrogen-bond donors (Lipinski definition) is 2. The third kappa shape index (κ3) is 3.45. The molecule has 0 aromatic carbocycles. The summed E-state index contributed by atoms with van der Waals surface area (Å²) >= 11 is 0.272. The number of halogens is 3. The molecule has 1 aromatic heterocycles. The summed E-state index contributed by atoms with van der Waals surface area (Å²) in [6.45, 7) is 1.22. The van der Waals surface area contributed by atoms with Gasteiger partial charge in [-0.15, -0.1) is 11.3 Å². The van der Waals surface area contributed by atoms with Crippen LogP contribution in [0, 0.1) is 0 Å². The van der Waals surface area contributed by atoms with Crippen molar-refractivity contribution in [1.29, 1.82) is 0 Å². The van der Waals surface area contributed by atoms with Gasteiger partial charge in [0.25, 0.3) is 5.91 Å².